The van der Waals surface area contributed by atoms with Crippen LogP contribution in [0.4, 0.5) is 18.9 Å². The molecule has 0 fully saturated rings. The van der Waals surface area contributed by atoms with Crippen LogP contribution in [0, 0.1) is 0 Å². The number of thiocarbonyl (C=S) groups is 1. The number of halogens is 4. The Labute approximate surface area is 133 Å². The van der Waals surface area contributed by atoms with Crippen molar-refractivity contribution in [2.24, 2.45) is 4.99 Å². The summed E-state index contributed by atoms with van der Waals surface area (Å²) in [7, 11) is 0. The molecule has 2 aromatic rings. The summed E-state index contributed by atoms with van der Waals surface area (Å²) in [4.78, 5) is 8.33. The van der Waals surface area contributed by atoms with E-state index >= 15 is 0 Å². The van der Waals surface area contributed by atoms with Crippen LogP contribution in [0.5, 0.6) is 0 Å². The van der Waals surface area contributed by atoms with Crippen molar-refractivity contribution in [2.75, 3.05) is 0 Å². The molecule has 8 heteroatoms. The van der Waals surface area contributed by atoms with E-state index in [4.69, 9.17) is 11.6 Å². The van der Waals surface area contributed by atoms with E-state index in [1.807, 2.05) is 0 Å². The van der Waals surface area contributed by atoms with Crippen LogP contribution in [0.25, 0.3) is 0 Å². The molecule has 0 aliphatic carbocycles. The van der Waals surface area contributed by atoms with Crippen molar-refractivity contribution in [1.82, 2.24) is 4.98 Å². The van der Waals surface area contributed by atoms with Crippen LogP contribution in [0.3, 0.4) is 0 Å². The number of isothiocyanates is 1. The molecule has 0 saturated carbocycles. The lowest BCUT2D eigenvalue weighted by molar-refractivity contribution is -0.137. The van der Waals surface area contributed by atoms with Gasteiger partial charge in [0, 0.05) is 11.1 Å². The molecule has 2 rings (SSSR count). The average Bonchev–Trinajstić information content (AvgIpc) is 2.42. The molecule has 0 N–H and O–H groups in total. The lowest BCUT2D eigenvalue weighted by atomic mass is 10.3. The van der Waals surface area contributed by atoms with Crippen LogP contribution in [0.2, 0.25) is 5.02 Å². The third-order valence-corrected chi connectivity index (χ3v) is 3.88. The van der Waals surface area contributed by atoms with Crippen LogP contribution in [-0.4, -0.2) is 10.1 Å². The third kappa shape index (κ3) is 4.28. The molecule has 0 atom stereocenters. The molecule has 2 nitrogen and oxygen atoms in total. The van der Waals surface area contributed by atoms with Crippen LogP contribution >= 0.6 is 35.6 Å². The Morgan fingerprint density at radius 2 is 1.90 bits per heavy atom. The Morgan fingerprint density at radius 3 is 2.43 bits per heavy atom. The van der Waals surface area contributed by atoms with Crippen LogP contribution in [0.15, 0.2) is 51.4 Å². The fourth-order valence-electron chi connectivity index (χ4n) is 1.41. The quantitative estimate of drug-likeness (QED) is 0.531. The summed E-state index contributed by atoms with van der Waals surface area (Å²) in [6.07, 6.45) is -3.70. The topological polar surface area (TPSA) is 25.2 Å². The highest BCUT2D eigenvalue weighted by Crippen LogP contribution is 2.36. The van der Waals surface area contributed by atoms with Gasteiger partial charge in [-0.1, -0.05) is 23.4 Å². The van der Waals surface area contributed by atoms with Gasteiger partial charge in [-0.3, -0.25) is 0 Å². The fraction of sp³-hybridized carbons (Fsp3) is 0.0769. The summed E-state index contributed by atoms with van der Waals surface area (Å²) in [6, 6.07) is 7.76. The summed E-state index contributed by atoms with van der Waals surface area (Å²) >= 11 is 11.5. The van der Waals surface area contributed by atoms with Gasteiger partial charge in [0.1, 0.15) is 5.03 Å². The van der Waals surface area contributed by atoms with Crippen molar-refractivity contribution in [1.29, 1.82) is 0 Å². The lowest BCUT2D eigenvalue weighted by Gasteiger charge is -2.08. The highest BCUT2D eigenvalue weighted by atomic mass is 35.5. The van der Waals surface area contributed by atoms with E-state index in [-0.39, 0.29) is 5.02 Å². The number of hydrogen-bond donors (Lipinski definition) is 0. The first-order valence-electron chi connectivity index (χ1n) is 5.48. The molecule has 1 aromatic carbocycles. The number of benzene rings is 1. The predicted octanol–water partition coefficient (Wildman–Crippen LogP) is 5.64. The number of aromatic nitrogens is 1. The summed E-state index contributed by atoms with van der Waals surface area (Å²) in [5, 5.41) is 2.50. The van der Waals surface area contributed by atoms with E-state index in [1.54, 1.807) is 24.3 Å². The normalized spacial score (nSPS) is 11.0. The molecule has 0 bridgehead atoms. The van der Waals surface area contributed by atoms with Crippen molar-refractivity contribution in [3.63, 3.8) is 0 Å². The smallest absolute Gasteiger partial charge is 0.247 e. The molecule has 0 radical (unpaired) electrons. The monoisotopic (exact) mass is 346 g/mol. The standard InChI is InChI=1S/C13H6ClF3N2S2/c14-11-5-8(13(15,16)17)6-18-12(11)21-10-3-1-9(2-4-10)19-7-20/h1-6H. The molecular weight excluding hydrogens is 341 g/mol. The number of aliphatic imine (C=N–C) groups is 1. The van der Waals surface area contributed by atoms with Gasteiger partial charge in [0.25, 0.3) is 0 Å². The third-order valence-electron chi connectivity index (χ3n) is 2.36. The van der Waals surface area contributed by atoms with E-state index in [1.165, 1.54) is 0 Å². The molecule has 0 spiro atoms. The van der Waals surface area contributed by atoms with E-state index in [0.29, 0.717) is 10.7 Å². The molecule has 0 saturated heterocycles. The Morgan fingerprint density at radius 1 is 1.24 bits per heavy atom. The van der Waals surface area contributed by atoms with Crippen molar-refractivity contribution in [2.45, 2.75) is 16.1 Å². The first-order chi connectivity index (χ1) is 9.90. The van der Waals surface area contributed by atoms with Crippen molar-refractivity contribution in [3.8, 4) is 0 Å². The van der Waals surface area contributed by atoms with Crippen LogP contribution < -0.4 is 0 Å². The maximum atomic E-state index is 12.5. The minimum atomic E-state index is -4.46. The Bertz CT molecular complexity index is 696. The van der Waals surface area contributed by atoms with Crippen molar-refractivity contribution in [3.05, 3.63) is 47.1 Å². The SMILES string of the molecule is FC(F)(F)c1cnc(Sc2ccc(N=C=S)cc2)c(Cl)c1. The second-order valence-corrected chi connectivity index (χ2v) is 5.46. The van der Waals surface area contributed by atoms with Gasteiger partial charge in [-0.2, -0.15) is 18.2 Å². The number of alkyl halides is 3. The van der Waals surface area contributed by atoms with Gasteiger partial charge in [-0.25, -0.2) is 4.98 Å². The van der Waals surface area contributed by atoms with E-state index in [0.717, 1.165) is 28.9 Å². The molecule has 0 aliphatic heterocycles. The lowest BCUT2D eigenvalue weighted by Crippen LogP contribution is -2.05. The highest BCUT2D eigenvalue weighted by Gasteiger charge is 2.31. The number of nitrogens with zero attached hydrogens (tertiary/aromatic N) is 2. The van der Waals surface area contributed by atoms with Gasteiger partial charge in [0.05, 0.1) is 21.4 Å². The predicted molar refractivity (Wildman–Crippen MR) is 79.5 cm³/mol. The largest absolute Gasteiger partial charge is 0.417 e. The number of rotatable bonds is 3. The van der Waals surface area contributed by atoms with Gasteiger partial charge in [0.2, 0.25) is 0 Å². The number of hydrogen-bond acceptors (Lipinski definition) is 4. The molecule has 21 heavy (non-hydrogen) atoms. The number of pyridine rings is 1. The minimum absolute atomic E-state index is 0.0455. The molecule has 1 heterocycles. The maximum Gasteiger partial charge on any atom is 0.417 e. The second-order valence-electron chi connectivity index (χ2n) is 3.81. The molecule has 0 unspecified atom stereocenters. The zero-order valence-electron chi connectivity index (χ0n) is 10.2. The fourth-order valence-corrected chi connectivity index (χ4v) is 2.55. The van der Waals surface area contributed by atoms with Gasteiger partial charge >= 0.3 is 6.18 Å². The molecule has 0 amide bonds. The first kappa shape index (κ1) is 16.0. The molecular formula is C13H6ClF3N2S2. The summed E-state index contributed by atoms with van der Waals surface area (Å²) in [6.45, 7) is 0. The Balaban J connectivity index is 2.21. The molecule has 0 aliphatic rings. The van der Waals surface area contributed by atoms with E-state index < -0.39 is 11.7 Å². The zero-order valence-corrected chi connectivity index (χ0v) is 12.6. The van der Waals surface area contributed by atoms with Crippen LogP contribution in [-0.2, 0) is 6.18 Å². The Hall–Kier alpha value is -1.40. The van der Waals surface area contributed by atoms with Gasteiger partial charge < -0.3 is 0 Å². The van der Waals surface area contributed by atoms with Crippen molar-refractivity contribution >= 4 is 46.4 Å². The summed E-state index contributed by atoms with van der Waals surface area (Å²) in [5.41, 5.74) is -0.233. The van der Waals surface area contributed by atoms with Gasteiger partial charge in [-0.15, -0.1) is 0 Å². The summed E-state index contributed by atoms with van der Waals surface area (Å²) in [5.74, 6) is 0. The molecule has 1 aromatic heterocycles. The minimum Gasteiger partial charge on any atom is -0.247 e. The van der Waals surface area contributed by atoms with Crippen LogP contribution in [0.1, 0.15) is 5.56 Å². The van der Waals surface area contributed by atoms with E-state index in [9.17, 15) is 13.2 Å². The van der Waals surface area contributed by atoms with Gasteiger partial charge in [-0.05, 0) is 42.5 Å². The summed E-state index contributed by atoms with van der Waals surface area (Å²) < 4.78 is 37.5. The first-order valence-corrected chi connectivity index (χ1v) is 7.09. The van der Waals surface area contributed by atoms with Crippen molar-refractivity contribution < 1.29 is 13.2 Å². The Kier molecular flexibility index (Phi) is 5.00. The highest BCUT2D eigenvalue weighted by molar-refractivity contribution is 7.99. The second kappa shape index (κ2) is 6.58. The van der Waals surface area contributed by atoms with E-state index in [2.05, 4.69) is 27.4 Å². The maximum absolute atomic E-state index is 12.5. The zero-order chi connectivity index (χ0) is 15.5. The molecule has 108 valence electrons. The average molecular weight is 347 g/mol. The van der Waals surface area contributed by atoms with Gasteiger partial charge in [0.15, 0.2) is 0 Å².